The molecule has 2 aromatic rings. The Morgan fingerprint density at radius 2 is 2.22 bits per heavy atom. The van der Waals surface area contributed by atoms with E-state index in [0.717, 1.165) is 16.3 Å². The second-order valence-corrected chi connectivity index (χ2v) is 4.57. The molecule has 4 nitrogen and oxygen atoms in total. The Hall–Kier alpha value is -1.88. The molecule has 0 aliphatic carbocycles. The van der Waals surface area contributed by atoms with E-state index >= 15 is 0 Å². The highest BCUT2D eigenvalue weighted by Gasteiger charge is 2.10. The second-order valence-electron chi connectivity index (χ2n) is 3.71. The van der Waals surface area contributed by atoms with Crippen LogP contribution in [-0.4, -0.2) is 17.6 Å². The number of hydrogen-bond donors (Lipinski definition) is 1. The van der Waals surface area contributed by atoms with Crippen molar-refractivity contribution in [2.45, 2.75) is 13.3 Å². The smallest absolute Gasteiger partial charge is 0.311 e. The first-order chi connectivity index (χ1) is 8.70. The first-order valence-electron chi connectivity index (χ1n) is 5.65. The molecule has 2 N–H and O–H groups in total. The topological polar surface area (TPSA) is 65.2 Å². The highest BCUT2D eigenvalue weighted by atomic mass is 32.1. The SMILES string of the molecule is CCOC(=O)Cc1csc(-c2ccccc2N)n1. The zero-order valence-electron chi connectivity index (χ0n) is 10.1. The molecule has 0 fully saturated rings. The fourth-order valence-electron chi connectivity index (χ4n) is 1.56. The van der Waals surface area contributed by atoms with Crippen LogP contribution in [0.15, 0.2) is 29.6 Å². The molecule has 1 heterocycles. The van der Waals surface area contributed by atoms with E-state index in [1.54, 1.807) is 6.92 Å². The number of anilines is 1. The fraction of sp³-hybridized carbons (Fsp3) is 0.231. The molecule has 2 rings (SSSR count). The third-order valence-corrected chi connectivity index (χ3v) is 3.30. The fourth-order valence-corrected chi connectivity index (χ4v) is 2.43. The molecule has 1 aromatic heterocycles. The van der Waals surface area contributed by atoms with Crippen molar-refractivity contribution >= 4 is 23.0 Å². The number of aromatic nitrogens is 1. The van der Waals surface area contributed by atoms with E-state index in [1.165, 1.54) is 11.3 Å². The molecule has 0 bridgehead atoms. The van der Waals surface area contributed by atoms with Crippen LogP contribution in [0.5, 0.6) is 0 Å². The summed E-state index contributed by atoms with van der Waals surface area (Å²) in [5.74, 6) is -0.254. The van der Waals surface area contributed by atoms with Gasteiger partial charge in [-0.3, -0.25) is 4.79 Å². The van der Waals surface area contributed by atoms with Gasteiger partial charge in [0.2, 0.25) is 0 Å². The van der Waals surface area contributed by atoms with E-state index in [1.807, 2.05) is 29.6 Å². The molecule has 0 atom stereocenters. The normalized spacial score (nSPS) is 10.3. The van der Waals surface area contributed by atoms with E-state index in [4.69, 9.17) is 10.5 Å². The molecule has 18 heavy (non-hydrogen) atoms. The summed E-state index contributed by atoms with van der Waals surface area (Å²) in [6.45, 7) is 2.18. The molecule has 0 unspecified atom stereocenters. The molecule has 0 spiro atoms. The first-order valence-corrected chi connectivity index (χ1v) is 6.53. The highest BCUT2D eigenvalue weighted by molar-refractivity contribution is 7.13. The van der Waals surface area contributed by atoms with E-state index in [-0.39, 0.29) is 12.4 Å². The summed E-state index contributed by atoms with van der Waals surface area (Å²) in [5, 5.41) is 2.69. The molecule has 0 saturated carbocycles. The van der Waals surface area contributed by atoms with Gasteiger partial charge in [-0.1, -0.05) is 12.1 Å². The number of hydrogen-bond acceptors (Lipinski definition) is 5. The maximum atomic E-state index is 11.3. The van der Waals surface area contributed by atoms with Crippen LogP contribution in [0.25, 0.3) is 10.6 Å². The standard InChI is InChI=1S/C13H14N2O2S/c1-2-17-12(16)7-9-8-18-13(15-9)10-5-3-4-6-11(10)14/h3-6,8H,2,7,14H2,1H3. The van der Waals surface area contributed by atoms with Gasteiger partial charge in [0.05, 0.1) is 18.7 Å². The number of carbonyl (C=O) groups is 1. The van der Waals surface area contributed by atoms with Crippen molar-refractivity contribution in [1.29, 1.82) is 0 Å². The number of thiazole rings is 1. The number of esters is 1. The van der Waals surface area contributed by atoms with Gasteiger partial charge in [0, 0.05) is 16.6 Å². The van der Waals surface area contributed by atoms with Crippen molar-refractivity contribution in [2.75, 3.05) is 12.3 Å². The predicted molar refractivity (Wildman–Crippen MR) is 72.3 cm³/mol. The van der Waals surface area contributed by atoms with Gasteiger partial charge >= 0.3 is 5.97 Å². The molecule has 94 valence electrons. The quantitative estimate of drug-likeness (QED) is 0.679. The molecular weight excluding hydrogens is 248 g/mol. The summed E-state index contributed by atoms with van der Waals surface area (Å²) in [4.78, 5) is 15.7. The number of nitrogen functional groups attached to an aromatic ring is 1. The highest BCUT2D eigenvalue weighted by Crippen LogP contribution is 2.28. The maximum Gasteiger partial charge on any atom is 0.311 e. The lowest BCUT2D eigenvalue weighted by Crippen LogP contribution is -2.07. The monoisotopic (exact) mass is 262 g/mol. The Morgan fingerprint density at radius 1 is 1.44 bits per heavy atom. The van der Waals surface area contributed by atoms with Crippen LogP contribution in [0.4, 0.5) is 5.69 Å². The zero-order chi connectivity index (χ0) is 13.0. The number of para-hydroxylation sites is 1. The molecule has 0 radical (unpaired) electrons. The van der Waals surface area contributed by atoms with Gasteiger partial charge in [0.15, 0.2) is 0 Å². The Bertz CT molecular complexity index is 551. The van der Waals surface area contributed by atoms with Crippen LogP contribution >= 0.6 is 11.3 Å². The molecule has 0 amide bonds. The number of nitrogens with zero attached hydrogens (tertiary/aromatic N) is 1. The summed E-state index contributed by atoms with van der Waals surface area (Å²) >= 11 is 1.48. The summed E-state index contributed by atoms with van der Waals surface area (Å²) in [5.41, 5.74) is 8.19. The molecular formula is C13H14N2O2S. The van der Waals surface area contributed by atoms with Gasteiger partial charge in [-0.05, 0) is 19.1 Å². The van der Waals surface area contributed by atoms with Crippen LogP contribution in [0.3, 0.4) is 0 Å². The van der Waals surface area contributed by atoms with Crippen LogP contribution in [0, 0.1) is 0 Å². The van der Waals surface area contributed by atoms with Crippen LogP contribution in [0.1, 0.15) is 12.6 Å². The Labute approximate surface area is 109 Å². The minimum Gasteiger partial charge on any atom is -0.466 e. The minimum absolute atomic E-state index is 0.205. The first kappa shape index (κ1) is 12.6. The van der Waals surface area contributed by atoms with Crippen molar-refractivity contribution in [3.8, 4) is 10.6 Å². The predicted octanol–water partition coefficient (Wildman–Crippen LogP) is 2.50. The zero-order valence-corrected chi connectivity index (χ0v) is 10.9. The molecule has 0 saturated heterocycles. The third kappa shape index (κ3) is 2.87. The number of ether oxygens (including phenoxy) is 1. The third-order valence-electron chi connectivity index (χ3n) is 2.37. The number of nitrogens with two attached hydrogens (primary N) is 1. The van der Waals surface area contributed by atoms with Crippen molar-refractivity contribution in [1.82, 2.24) is 4.98 Å². The number of carbonyl (C=O) groups excluding carboxylic acids is 1. The lowest BCUT2D eigenvalue weighted by molar-refractivity contribution is -0.142. The van der Waals surface area contributed by atoms with Gasteiger partial charge in [-0.15, -0.1) is 11.3 Å². The van der Waals surface area contributed by atoms with Gasteiger partial charge in [-0.2, -0.15) is 0 Å². The average molecular weight is 262 g/mol. The molecule has 0 aliphatic heterocycles. The lowest BCUT2D eigenvalue weighted by atomic mass is 10.2. The molecule has 0 aliphatic rings. The Balaban J connectivity index is 2.16. The van der Waals surface area contributed by atoms with E-state index in [0.29, 0.717) is 12.3 Å². The second kappa shape index (κ2) is 5.64. The largest absolute Gasteiger partial charge is 0.466 e. The van der Waals surface area contributed by atoms with Gasteiger partial charge in [-0.25, -0.2) is 4.98 Å². The van der Waals surface area contributed by atoms with Gasteiger partial charge in [0.25, 0.3) is 0 Å². The average Bonchev–Trinajstić information content (AvgIpc) is 2.78. The summed E-state index contributed by atoms with van der Waals surface area (Å²) in [7, 11) is 0. The summed E-state index contributed by atoms with van der Waals surface area (Å²) < 4.78 is 4.89. The minimum atomic E-state index is -0.254. The number of benzene rings is 1. The van der Waals surface area contributed by atoms with Crippen LogP contribution < -0.4 is 5.73 Å². The summed E-state index contributed by atoms with van der Waals surface area (Å²) in [6.07, 6.45) is 0.205. The number of rotatable bonds is 4. The Kier molecular flexibility index (Phi) is 3.94. The van der Waals surface area contributed by atoms with E-state index in [9.17, 15) is 4.79 Å². The van der Waals surface area contributed by atoms with Gasteiger partial charge < -0.3 is 10.5 Å². The lowest BCUT2D eigenvalue weighted by Gasteiger charge is -2.00. The van der Waals surface area contributed by atoms with Crippen molar-refractivity contribution < 1.29 is 9.53 Å². The van der Waals surface area contributed by atoms with Crippen molar-refractivity contribution in [3.05, 3.63) is 35.3 Å². The molecule has 5 heteroatoms. The van der Waals surface area contributed by atoms with Gasteiger partial charge in [0.1, 0.15) is 5.01 Å². The van der Waals surface area contributed by atoms with Crippen molar-refractivity contribution in [2.24, 2.45) is 0 Å². The summed E-state index contributed by atoms with van der Waals surface area (Å²) in [6, 6.07) is 7.55. The Morgan fingerprint density at radius 3 is 2.94 bits per heavy atom. The van der Waals surface area contributed by atoms with E-state index in [2.05, 4.69) is 4.98 Å². The molecule has 1 aromatic carbocycles. The van der Waals surface area contributed by atoms with Crippen molar-refractivity contribution in [3.63, 3.8) is 0 Å². The maximum absolute atomic E-state index is 11.3. The van der Waals surface area contributed by atoms with Crippen LogP contribution in [0.2, 0.25) is 0 Å². The van der Waals surface area contributed by atoms with E-state index < -0.39 is 0 Å². The van der Waals surface area contributed by atoms with Crippen LogP contribution in [-0.2, 0) is 16.0 Å².